The number of rotatable bonds is 20. The van der Waals surface area contributed by atoms with Crippen LogP contribution in [-0.4, -0.2) is 12.6 Å². The van der Waals surface area contributed by atoms with Gasteiger partial charge in [-0.2, -0.15) is 0 Å². The molecule has 6 unspecified atom stereocenters. The first-order chi connectivity index (χ1) is 46.6. The second kappa shape index (κ2) is 26.8. The minimum absolute atomic E-state index is 0.247. The van der Waals surface area contributed by atoms with Crippen molar-refractivity contribution in [3.05, 3.63) is 335 Å². The number of hydrogen-bond donors (Lipinski definition) is 0. The standard InChI is InChI=1S/C92H90N2O/c1-6-64-27-31-68(32-28-64)71-35-36-73-60-82(53-43-72(73)59-71)95-58-20-10-8-9-19-57-92(77-21-13-11-14-22-77)87-26-18-17-25-83(87)84-54-52-81(63-88(84)92)93(79-48-39-67(40-49-79)66-37-46-76(47-38-66)91(3,4)5)80-50-41-70(42-51-80)75-45-56-90-86(62-75)85-61-74(69-33-29-65(7-2)30-34-69)44-55-89(85)94(90)78-23-15-12-16-24-78/h6-7,11-18,21-29,31-34,37-39,41-44,46,48-55,59-63,65,67,76,86,90H,1-2,8-10,19-20,30,35-36,40,45,47,56-58H2,3-5H3. The van der Waals surface area contributed by atoms with Crippen LogP contribution in [0.4, 0.5) is 22.7 Å². The van der Waals surface area contributed by atoms with E-state index in [0.29, 0.717) is 23.8 Å². The summed E-state index contributed by atoms with van der Waals surface area (Å²) < 4.78 is 6.44. The lowest BCUT2D eigenvalue weighted by Gasteiger charge is -2.35. The van der Waals surface area contributed by atoms with Crippen molar-refractivity contribution in [2.24, 2.45) is 23.2 Å². The number of para-hydroxylation sites is 1. The van der Waals surface area contributed by atoms with E-state index in [1.54, 1.807) is 0 Å². The molecule has 0 spiro atoms. The average Bonchev–Trinajstić information content (AvgIpc) is 1.57. The van der Waals surface area contributed by atoms with Crippen LogP contribution >= 0.6 is 0 Å². The third kappa shape index (κ3) is 12.3. The van der Waals surface area contributed by atoms with Gasteiger partial charge in [0.05, 0.1) is 6.61 Å². The molecule has 0 aromatic heterocycles. The average molecular weight is 1240 g/mol. The third-order valence-electron chi connectivity index (χ3n) is 22.0. The highest BCUT2D eigenvalue weighted by atomic mass is 16.5. The first-order valence-corrected chi connectivity index (χ1v) is 35.5. The second-order valence-electron chi connectivity index (χ2n) is 28.7. The summed E-state index contributed by atoms with van der Waals surface area (Å²) in [6.07, 6.45) is 44.7. The Morgan fingerprint density at radius 3 is 2.11 bits per heavy atom. The summed E-state index contributed by atoms with van der Waals surface area (Å²) in [7, 11) is 0. The molecule has 6 atom stereocenters. The Kier molecular flexibility index (Phi) is 17.4. The molecule has 0 bridgehead atoms. The van der Waals surface area contributed by atoms with E-state index in [9.17, 15) is 0 Å². The van der Waals surface area contributed by atoms with Crippen LogP contribution in [0.15, 0.2) is 279 Å². The number of anilines is 4. The molecule has 15 rings (SSSR count). The van der Waals surface area contributed by atoms with E-state index in [0.717, 1.165) is 88.5 Å². The molecule has 6 aliphatic carbocycles. The summed E-state index contributed by atoms with van der Waals surface area (Å²) in [5.41, 5.74) is 27.8. The number of aryl methyl sites for hydroxylation is 1. The van der Waals surface area contributed by atoms with Crippen LogP contribution in [0.2, 0.25) is 0 Å². The Morgan fingerprint density at radius 2 is 1.35 bits per heavy atom. The van der Waals surface area contributed by atoms with Crippen LogP contribution in [0, 0.1) is 23.2 Å². The van der Waals surface area contributed by atoms with Gasteiger partial charge in [0.1, 0.15) is 5.75 Å². The Labute approximate surface area is 566 Å². The minimum Gasteiger partial charge on any atom is -0.494 e. The lowest BCUT2D eigenvalue weighted by atomic mass is 9.69. The van der Waals surface area contributed by atoms with Gasteiger partial charge < -0.3 is 14.5 Å². The van der Waals surface area contributed by atoms with Crippen molar-refractivity contribution in [2.45, 2.75) is 122 Å². The van der Waals surface area contributed by atoms with Crippen LogP contribution < -0.4 is 14.5 Å². The van der Waals surface area contributed by atoms with Gasteiger partial charge in [0.2, 0.25) is 0 Å². The van der Waals surface area contributed by atoms with Gasteiger partial charge in [-0.3, -0.25) is 0 Å². The zero-order valence-corrected chi connectivity index (χ0v) is 55.9. The number of unbranched alkanes of at least 4 members (excludes halogenated alkanes) is 4. The van der Waals surface area contributed by atoms with Crippen LogP contribution in [0.5, 0.6) is 5.75 Å². The van der Waals surface area contributed by atoms with Gasteiger partial charge >= 0.3 is 0 Å². The summed E-state index contributed by atoms with van der Waals surface area (Å²) >= 11 is 0. The van der Waals surface area contributed by atoms with Crippen molar-refractivity contribution in [1.82, 2.24) is 0 Å². The van der Waals surface area contributed by atoms with Gasteiger partial charge in [-0.1, -0.05) is 253 Å². The van der Waals surface area contributed by atoms with Crippen LogP contribution in [-0.2, 0) is 11.8 Å². The van der Waals surface area contributed by atoms with Crippen molar-refractivity contribution in [2.75, 3.05) is 16.4 Å². The zero-order valence-electron chi connectivity index (χ0n) is 55.9. The fraction of sp³-hybridized carbons (Fsp3) is 0.261. The smallest absolute Gasteiger partial charge is 0.119 e. The number of nitrogens with zero attached hydrogens (tertiary/aromatic N) is 2. The van der Waals surface area contributed by atoms with Crippen molar-refractivity contribution in [1.29, 1.82) is 0 Å². The first-order valence-electron chi connectivity index (χ1n) is 35.5. The van der Waals surface area contributed by atoms with Gasteiger partial charge in [0.15, 0.2) is 0 Å². The third-order valence-corrected chi connectivity index (χ3v) is 22.0. The van der Waals surface area contributed by atoms with E-state index in [1.807, 2.05) is 6.08 Å². The molecule has 1 aliphatic heterocycles. The normalized spacial score (nSPS) is 21.4. The number of ether oxygens (including phenoxy) is 1. The van der Waals surface area contributed by atoms with Gasteiger partial charge in [0.25, 0.3) is 0 Å². The molecule has 8 aromatic rings. The largest absolute Gasteiger partial charge is 0.494 e. The quantitative estimate of drug-likeness (QED) is 0.0559. The summed E-state index contributed by atoms with van der Waals surface area (Å²) in [6, 6.07) is 71.9. The zero-order chi connectivity index (χ0) is 64.5. The Hall–Kier alpha value is -9.44. The number of allylic oxidation sites excluding steroid dienone is 14. The molecule has 0 amide bonds. The maximum absolute atomic E-state index is 6.44. The van der Waals surface area contributed by atoms with E-state index in [2.05, 4.69) is 305 Å². The molecule has 3 heteroatoms. The number of fused-ring (bicyclic) bond motifs is 7. The Bertz CT molecular complexity index is 4440. The van der Waals surface area contributed by atoms with Gasteiger partial charge in [-0.05, 0) is 231 Å². The van der Waals surface area contributed by atoms with Gasteiger partial charge in [-0.15, -0.1) is 6.58 Å². The maximum atomic E-state index is 6.44. The van der Waals surface area contributed by atoms with E-state index < -0.39 is 0 Å². The maximum Gasteiger partial charge on any atom is 0.119 e. The topological polar surface area (TPSA) is 15.7 Å². The lowest BCUT2D eigenvalue weighted by molar-refractivity contribution is 0.292. The number of hydrogen-bond acceptors (Lipinski definition) is 3. The van der Waals surface area contributed by atoms with Crippen LogP contribution in [0.1, 0.15) is 159 Å². The molecule has 0 saturated carbocycles. The summed E-state index contributed by atoms with van der Waals surface area (Å²) in [5.74, 6) is 2.56. The van der Waals surface area contributed by atoms with Crippen molar-refractivity contribution < 1.29 is 4.74 Å². The molecule has 1 heterocycles. The summed E-state index contributed by atoms with van der Waals surface area (Å²) in [4.78, 5) is 5.19. The highest BCUT2D eigenvalue weighted by molar-refractivity contribution is 5.88. The van der Waals surface area contributed by atoms with E-state index in [-0.39, 0.29) is 16.7 Å². The fourth-order valence-corrected chi connectivity index (χ4v) is 16.7. The molecule has 0 radical (unpaired) electrons. The SMILES string of the molecule is C=Cc1ccc(C2=Cc3ccc(OCCCCCCCC4(c5ccccc5)c5ccccc5-c5ccc(N(C6=CCC(C7=CCC(C(C)(C)C)C=C7)C=C6)c6ccc(C7=CC8c9cc(C%10=CCC(C=C)C=C%10)ccc9N(c9ccccc9)C8CC7)cc6)cc54)cc3CC2)cc1. The van der Waals surface area contributed by atoms with Gasteiger partial charge in [-0.25, -0.2) is 0 Å². The highest BCUT2D eigenvalue weighted by Crippen LogP contribution is 2.57. The van der Waals surface area contributed by atoms with Gasteiger partial charge in [0, 0.05) is 51.7 Å². The molecule has 0 N–H and O–H groups in total. The van der Waals surface area contributed by atoms with E-state index >= 15 is 0 Å². The predicted octanol–water partition coefficient (Wildman–Crippen LogP) is 24.3. The van der Waals surface area contributed by atoms with E-state index in [4.69, 9.17) is 4.74 Å². The molecule has 3 nitrogen and oxygen atoms in total. The molecular weight excluding hydrogens is 1150 g/mol. The molecule has 8 aromatic carbocycles. The minimum atomic E-state index is -0.313. The summed E-state index contributed by atoms with van der Waals surface area (Å²) in [5, 5.41) is 0. The fourth-order valence-electron chi connectivity index (χ4n) is 16.7. The predicted molar refractivity (Wildman–Crippen MR) is 403 cm³/mol. The van der Waals surface area contributed by atoms with Crippen LogP contribution in [0.3, 0.4) is 0 Å². The molecule has 0 fully saturated rings. The molecule has 7 aliphatic rings. The first kappa shape index (κ1) is 61.7. The van der Waals surface area contributed by atoms with Crippen molar-refractivity contribution in [3.8, 4) is 16.9 Å². The second-order valence-corrected chi connectivity index (χ2v) is 28.7. The van der Waals surface area contributed by atoms with Crippen molar-refractivity contribution >= 4 is 51.6 Å². The Morgan fingerprint density at radius 1 is 0.600 bits per heavy atom. The summed E-state index contributed by atoms with van der Waals surface area (Å²) in [6.45, 7) is 15.8. The number of benzene rings is 8. The molecule has 95 heavy (non-hydrogen) atoms. The highest BCUT2D eigenvalue weighted by Gasteiger charge is 2.45. The van der Waals surface area contributed by atoms with Crippen LogP contribution in [0.25, 0.3) is 40.0 Å². The molecular formula is C92H90N2O. The monoisotopic (exact) mass is 1240 g/mol. The lowest BCUT2D eigenvalue weighted by Crippen LogP contribution is -2.31. The molecule has 474 valence electrons. The molecule has 0 saturated heterocycles. The van der Waals surface area contributed by atoms with E-state index in [1.165, 1.54) is 125 Å². The Balaban J connectivity index is 0.704. The van der Waals surface area contributed by atoms with Crippen molar-refractivity contribution in [3.63, 3.8) is 0 Å².